The number of fused-ring (bicyclic) bond motifs is 1. The molecule has 2 aromatic rings. The van der Waals surface area contributed by atoms with E-state index in [4.69, 9.17) is 4.74 Å². The van der Waals surface area contributed by atoms with Crippen LogP contribution in [0.1, 0.15) is 36.8 Å². The number of nitrogens with one attached hydrogen (secondary N) is 1. The van der Waals surface area contributed by atoms with Crippen molar-refractivity contribution in [3.8, 4) is 11.3 Å². The van der Waals surface area contributed by atoms with Crippen LogP contribution < -0.4 is 5.32 Å². The maximum atomic E-state index is 13.9. The standard InChI is InChI=1S/C25H29F5N4O/c1-14-20(8-18(26)9-22(14)27)23-10-21(25(28,29)30)24(33-32-23)31-19-6-16-12-34(13-17(16)7-19)11-15-2-4-35-5-3-15/h8-10,15-17,19H,2-7,11-13H2,1H3,(H,31,33)/t16-,17+,19?. The molecular formula is C25H29F5N4O. The Morgan fingerprint density at radius 1 is 1.03 bits per heavy atom. The molecule has 0 amide bonds. The molecule has 1 aromatic carbocycles. The summed E-state index contributed by atoms with van der Waals surface area (Å²) >= 11 is 0. The predicted octanol–water partition coefficient (Wildman–Crippen LogP) is 5.30. The van der Waals surface area contributed by atoms with Gasteiger partial charge in [0.2, 0.25) is 0 Å². The summed E-state index contributed by atoms with van der Waals surface area (Å²) in [6.45, 7) is 6.04. The van der Waals surface area contributed by atoms with Crippen molar-refractivity contribution in [3.05, 3.63) is 41.0 Å². The number of aromatic nitrogens is 2. The number of benzene rings is 1. The zero-order chi connectivity index (χ0) is 24.7. The average Bonchev–Trinajstić information content (AvgIpc) is 3.34. The Morgan fingerprint density at radius 2 is 1.71 bits per heavy atom. The summed E-state index contributed by atoms with van der Waals surface area (Å²) in [5, 5.41) is 10.7. The van der Waals surface area contributed by atoms with E-state index in [0.717, 1.165) is 70.7 Å². The third-order valence-corrected chi connectivity index (χ3v) is 7.71. The van der Waals surface area contributed by atoms with Gasteiger partial charge in [-0.25, -0.2) is 8.78 Å². The van der Waals surface area contributed by atoms with Gasteiger partial charge in [0.15, 0.2) is 5.82 Å². The minimum atomic E-state index is -4.69. The van der Waals surface area contributed by atoms with Gasteiger partial charge < -0.3 is 15.0 Å². The summed E-state index contributed by atoms with van der Waals surface area (Å²) in [7, 11) is 0. The molecule has 3 fully saturated rings. The van der Waals surface area contributed by atoms with E-state index in [9.17, 15) is 22.0 Å². The van der Waals surface area contributed by atoms with E-state index in [0.29, 0.717) is 23.8 Å². The lowest BCUT2D eigenvalue weighted by molar-refractivity contribution is -0.137. The molecule has 3 atom stereocenters. The van der Waals surface area contributed by atoms with Gasteiger partial charge in [-0.2, -0.15) is 13.2 Å². The number of ether oxygens (including phenoxy) is 1. The molecular weight excluding hydrogens is 467 g/mol. The quantitative estimate of drug-likeness (QED) is 0.570. The van der Waals surface area contributed by atoms with Crippen LogP contribution in [0.5, 0.6) is 0 Å². The van der Waals surface area contributed by atoms with Crippen LogP contribution in [0, 0.1) is 36.3 Å². The van der Waals surface area contributed by atoms with Gasteiger partial charge in [0, 0.05) is 50.5 Å². The molecule has 1 unspecified atom stereocenters. The molecule has 35 heavy (non-hydrogen) atoms. The molecule has 0 bridgehead atoms. The molecule has 0 spiro atoms. The lowest BCUT2D eigenvalue weighted by Crippen LogP contribution is -2.32. The Bertz CT molecular complexity index is 1060. The van der Waals surface area contributed by atoms with Crippen LogP contribution in [0.15, 0.2) is 18.2 Å². The lowest BCUT2D eigenvalue weighted by atomic mass is 10.00. The van der Waals surface area contributed by atoms with Crippen molar-refractivity contribution in [1.82, 2.24) is 15.1 Å². The van der Waals surface area contributed by atoms with Gasteiger partial charge >= 0.3 is 6.18 Å². The minimum Gasteiger partial charge on any atom is -0.381 e. The first-order valence-corrected chi connectivity index (χ1v) is 12.1. The van der Waals surface area contributed by atoms with E-state index < -0.39 is 23.4 Å². The SMILES string of the molecule is Cc1c(F)cc(F)cc1-c1cc(C(F)(F)F)c(NC2C[C@@H]3CN(CC4CCOCC4)C[C@@H]3C2)nn1. The second-order valence-electron chi connectivity index (χ2n) is 10.2. The number of nitrogens with zero attached hydrogens (tertiary/aromatic N) is 3. The molecule has 5 rings (SSSR count). The molecule has 5 nitrogen and oxygen atoms in total. The molecule has 0 radical (unpaired) electrons. The smallest absolute Gasteiger partial charge is 0.381 e. The first kappa shape index (κ1) is 24.4. The van der Waals surface area contributed by atoms with Crippen LogP contribution in [0.25, 0.3) is 11.3 Å². The molecule has 1 aromatic heterocycles. The van der Waals surface area contributed by atoms with Crippen molar-refractivity contribution in [2.24, 2.45) is 17.8 Å². The number of hydrogen-bond acceptors (Lipinski definition) is 5. The lowest BCUT2D eigenvalue weighted by Gasteiger charge is -2.28. The molecule has 1 aliphatic carbocycles. The first-order chi connectivity index (χ1) is 16.7. The molecule has 10 heteroatoms. The maximum Gasteiger partial charge on any atom is 0.420 e. The Hall–Kier alpha value is -2.33. The van der Waals surface area contributed by atoms with E-state index in [1.807, 2.05) is 0 Å². The highest BCUT2D eigenvalue weighted by molar-refractivity contribution is 5.66. The van der Waals surface area contributed by atoms with Gasteiger partial charge in [-0.05, 0) is 68.1 Å². The fourth-order valence-corrected chi connectivity index (χ4v) is 5.91. The van der Waals surface area contributed by atoms with Gasteiger partial charge in [-0.15, -0.1) is 10.2 Å². The van der Waals surface area contributed by atoms with Crippen molar-refractivity contribution in [1.29, 1.82) is 0 Å². The van der Waals surface area contributed by atoms with Crippen molar-refractivity contribution in [2.75, 3.05) is 38.2 Å². The predicted molar refractivity (Wildman–Crippen MR) is 121 cm³/mol. The highest BCUT2D eigenvalue weighted by atomic mass is 19.4. The summed E-state index contributed by atoms with van der Waals surface area (Å²) in [5.41, 5.74) is -1.23. The molecule has 1 saturated carbocycles. The summed E-state index contributed by atoms with van der Waals surface area (Å²) in [4.78, 5) is 2.50. The Morgan fingerprint density at radius 3 is 2.37 bits per heavy atom. The molecule has 2 saturated heterocycles. The van der Waals surface area contributed by atoms with Gasteiger partial charge in [0.25, 0.3) is 0 Å². The van der Waals surface area contributed by atoms with Gasteiger partial charge in [-0.1, -0.05) is 0 Å². The highest BCUT2D eigenvalue weighted by Gasteiger charge is 2.43. The second kappa shape index (κ2) is 9.61. The highest BCUT2D eigenvalue weighted by Crippen LogP contribution is 2.42. The van der Waals surface area contributed by atoms with E-state index in [2.05, 4.69) is 20.4 Å². The van der Waals surface area contributed by atoms with Gasteiger partial charge in [0.1, 0.15) is 17.2 Å². The van der Waals surface area contributed by atoms with Crippen molar-refractivity contribution >= 4 is 5.82 Å². The Labute approximate surface area is 201 Å². The van der Waals surface area contributed by atoms with Crippen molar-refractivity contribution < 1.29 is 26.7 Å². The fraction of sp³-hybridized carbons (Fsp3) is 0.600. The van der Waals surface area contributed by atoms with E-state index >= 15 is 0 Å². The van der Waals surface area contributed by atoms with Crippen LogP contribution in [0.3, 0.4) is 0 Å². The Kier molecular flexibility index (Phi) is 6.69. The summed E-state index contributed by atoms with van der Waals surface area (Å²) < 4.78 is 74.8. The third-order valence-electron chi connectivity index (χ3n) is 7.71. The second-order valence-corrected chi connectivity index (χ2v) is 10.2. The molecule has 190 valence electrons. The largest absolute Gasteiger partial charge is 0.420 e. The van der Waals surface area contributed by atoms with E-state index in [1.54, 1.807) is 0 Å². The summed E-state index contributed by atoms with van der Waals surface area (Å²) in [6, 6.07) is 2.36. The van der Waals surface area contributed by atoms with Crippen LogP contribution >= 0.6 is 0 Å². The van der Waals surface area contributed by atoms with Crippen LogP contribution in [-0.4, -0.2) is 54.0 Å². The van der Waals surface area contributed by atoms with Crippen LogP contribution in [-0.2, 0) is 10.9 Å². The number of rotatable bonds is 5. The average molecular weight is 497 g/mol. The van der Waals surface area contributed by atoms with Crippen molar-refractivity contribution in [2.45, 2.75) is 44.8 Å². The van der Waals surface area contributed by atoms with Crippen LogP contribution in [0.2, 0.25) is 0 Å². The number of anilines is 1. The number of halogens is 5. The monoisotopic (exact) mass is 496 g/mol. The van der Waals surface area contributed by atoms with Gasteiger partial charge in [0.05, 0.1) is 5.69 Å². The van der Waals surface area contributed by atoms with E-state index in [1.165, 1.54) is 6.92 Å². The molecule has 2 aliphatic heterocycles. The molecule has 3 aliphatic rings. The topological polar surface area (TPSA) is 50.3 Å². The fourth-order valence-electron chi connectivity index (χ4n) is 5.91. The normalized spacial score (nSPS) is 25.7. The van der Waals surface area contributed by atoms with Crippen molar-refractivity contribution in [3.63, 3.8) is 0 Å². The minimum absolute atomic E-state index is 0.0171. The summed E-state index contributed by atoms with van der Waals surface area (Å²) in [6.07, 6.45) is -0.949. The number of likely N-dealkylation sites (tertiary alicyclic amines) is 1. The van der Waals surface area contributed by atoms with E-state index in [-0.39, 0.29) is 28.7 Å². The molecule has 3 heterocycles. The number of alkyl halides is 3. The zero-order valence-corrected chi connectivity index (χ0v) is 19.5. The Balaban J connectivity index is 1.28. The van der Waals surface area contributed by atoms with Crippen LogP contribution in [0.4, 0.5) is 27.8 Å². The maximum absolute atomic E-state index is 13.9. The zero-order valence-electron chi connectivity index (χ0n) is 19.5. The molecule has 1 N–H and O–H groups in total. The van der Waals surface area contributed by atoms with Gasteiger partial charge in [-0.3, -0.25) is 0 Å². The first-order valence-electron chi connectivity index (χ1n) is 12.1. The summed E-state index contributed by atoms with van der Waals surface area (Å²) in [5.74, 6) is -0.502. The third kappa shape index (κ3) is 5.28. The number of hydrogen-bond donors (Lipinski definition) is 1.